The van der Waals surface area contributed by atoms with E-state index in [2.05, 4.69) is 26.4 Å². The summed E-state index contributed by atoms with van der Waals surface area (Å²) in [6.45, 7) is 7.74. The van der Waals surface area contributed by atoms with Crippen LogP contribution in [0.2, 0.25) is 5.02 Å². The van der Waals surface area contributed by atoms with Crippen LogP contribution in [0.5, 0.6) is 5.75 Å². The number of hydrogen-bond donors (Lipinski definition) is 2. The summed E-state index contributed by atoms with van der Waals surface area (Å²) in [4.78, 5) is 19.0. The Hall–Kier alpha value is -3.73. The Labute approximate surface area is 239 Å². The normalized spacial score (nSPS) is 13.4. The number of aliphatic hydroxyl groups excluding tert-OH is 1. The molecule has 0 fully saturated rings. The van der Waals surface area contributed by atoms with Crippen LogP contribution in [0, 0.1) is 20.8 Å². The largest absolute Gasteiger partial charge is 0.491 e. The molecule has 0 saturated heterocycles. The molecule has 0 spiro atoms. The van der Waals surface area contributed by atoms with Gasteiger partial charge in [-0.15, -0.1) is 0 Å². The maximum atomic E-state index is 10.1. The standard InChI is InChI=1S/C29H34ClN7O3/c1-16-26(25-17(2)35-40-18(25)3)33-27(22-11-21(7-8-24(22)30)39-15-20(38)12-31-4)34-28(16)37-13-19-9-10-32-29(36(5)6)23(19)14-37/h7-11,20,31,38H,12-15H2,1-6H3/t20-/m1/s1. The molecule has 40 heavy (non-hydrogen) atoms. The van der Waals surface area contributed by atoms with E-state index in [-0.39, 0.29) is 6.61 Å². The average Bonchev–Trinajstić information content (AvgIpc) is 3.51. The molecule has 2 N–H and O–H groups in total. The number of ether oxygens (including phenoxy) is 1. The summed E-state index contributed by atoms with van der Waals surface area (Å²) >= 11 is 6.71. The third-order valence-corrected chi connectivity index (χ3v) is 7.34. The van der Waals surface area contributed by atoms with E-state index in [1.54, 1.807) is 19.2 Å². The second kappa shape index (κ2) is 11.4. The molecule has 1 aliphatic rings. The Morgan fingerprint density at radius 2 is 1.98 bits per heavy atom. The first-order valence-electron chi connectivity index (χ1n) is 13.1. The second-order valence-electron chi connectivity index (χ2n) is 10.2. The van der Waals surface area contributed by atoms with E-state index in [1.807, 2.05) is 52.0 Å². The molecule has 4 aromatic rings. The molecule has 3 aromatic heterocycles. The summed E-state index contributed by atoms with van der Waals surface area (Å²) in [7, 11) is 5.79. The van der Waals surface area contributed by atoms with Crippen molar-refractivity contribution >= 4 is 23.2 Å². The molecule has 4 heterocycles. The molecule has 0 amide bonds. The van der Waals surface area contributed by atoms with Crippen LogP contribution in [0.15, 0.2) is 35.0 Å². The number of anilines is 2. The van der Waals surface area contributed by atoms with Crippen LogP contribution in [0.3, 0.4) is 0 Å². The Balaban J connectivity index is 1.61. The van der Waals surface area contributed by atoms with Crippen molar-refractivity contribution in [2.75, 3.05) is 44.1 Å². The van der Waals surface area contributed by atoms with Crippen LogP contribution in [0.25, 0.3) is 22.6 Å². The highest BCUT2D eigenvalue weighted by molar-refractivity contribution is 6.33. The topological polar surface area (TPSA) is 113 Å². The van der Waals surface area contributed by atoms with Gasteiger partial charge in [-0.3, -0.25) is 0 Å². The van der Waals surface area contributed by atoms with E-state index in [0.29, 0.717) is 47.6 Å². The van der Waals surface area contributed by atoms with E-state index < -0.39 is 6.10 Å². The van der Waals surface area contributed by atoms with E-state index in [0.717, 1.165) is 34.2 Å². The van der Waals surface area contributed by atoms with Gasteiger partial charge in [0.1, 0.15) is 35.9 Å². The number of aromatic nitrogens is 4. The fraction of sp³-hybridized carbons (Fsp3) is 0.379. The van der Waals surface area contributed by atoms with Gasteiger partial charge in [0.15, 0.2) is 5.82 Å². The zero-order valence-electron chi connectivity index (χ0n) is 23.6. The van der Waals surface area contributed by atoms with Gasteiger partial charge in [-0.05, 0) is 57.6 Å². The Morgan fingerprint density at radius 1 is 1.18 bits per heavy atom. The molecule has 0 saturated carbocycles. The number of halogens is 1. The molecule has 1 aromatic carbocycles. The van der Waals surface area contributed by atoms with Gasteiger partial charge in [-0.25, -0.2) is 15.0 Å². The highest BCUT2D eigenvalue weighted by Gasteiger charge is 2.29. The van der Waals surface area contributed by atoms with Gasteiger partial charge >= 0.3 is 0 Å². The van der Waals surface area contributed by atoms with Gasteiger partial charge < -0.3 is 29.5 Å². The van der Waals surface area contributed by atoms with Gasteiger partial charge in [0, 0.05) is 56.6 Å². The quantitative estimate of drug-likeness (QED) is 0.305. The number of nitrogens with one attached hydrogen (secondary N) is 1. The van der Waals surface area contributed by atoms with Crippen molar-refractivity contribution in [2.24, 2.45) is 0 Å². The predicted molar refractivity (Wildman–Crippen MR) is 156 cm³/mol. The first-order valence-corrected chi connectivity index (χ1v) is 13.5. The molecule has 0 bridgehead atoms. The lowest BCUT2D eigenvalue weighted by molar-refractivity contribution is 0.108. The minimum atomic E-state index is -0.643. The summed E-state index contributed by atoms with van der Waals surface area (Å²) in [5, 5.41) is 17.7. The zero-order valence-corrected chi connectivity index (χ0v) is 24.4. The first-order chi connectivity index (χ1) is 19.2. The summed E-state index contributed by atoms with van der Waals surface area (Å²) in [5.74, 6) is 3.46. The van der Waals surface area contributed by atoms with Gasteiger partial charge in [0.2, 0.25) is 0 Å². The number of pyridine rings is 1. The smallest absolute Gasteiger partial charge is 0.163 e. The Kier molecular flexibility index (Phi) is 7.93. The number of fused-ring (bicyclic) bond motifs is 1. The molecular formula is C29H34ClN7O3. The fourth-order valence-electron chi connectivity index (χ4n) is 5.08. The fourth-order valence-corrected chi connectivity index (χ4v) is 5.28. The lowest BCUT2D eigenvalue weighted by Crippen LogP contribution is -2.29. The summed E-state index contributed by atoms with van der Waals surface area (Å²) in [5.41, 5.74) is 6.28. The number of benzene rings is 1. The van der Waals surface area contributed by atoms with Crippen molar-refractivity contribution in [3.8, 4) is 28.4 Å². The predicted octanol–water partition coefficient (Wildman–Crippen LogP) is 4.32. The van der Waals surface area contributed by atoms with Gasteiger partial charge in [-0.2, -0.15) is 0 Å². The average molecular weight is 564 g/mol. The number of aryl methyl sites for hydroxylation is 2. The highest BCUT2D eigenvalue weighted by atomic mass is 35.5. The van der Waals surface area contributed by atoms with Crippen LogP contribution in [0.1, 0.15) is 28.1 Å². The van der Waals surface area contributed by atoms with Crippen molar-refractivity contribution < 1.29 is 14.4 Å². The molecule has 11 heteroatoms. The highest BCUT2D eigenvalue weighted by Crippen LogP contribution is 2.40. The second-order valence-corrected chi connectivity index (χ2v) is 10.6. The molecule has 10 nitrogen and oxygen atoms in total. The van der Waals surface area contributed by atoms with Gasteiger partial charge in [-0.1, -0.05) is 16.8 Å². The third kappa shape index (κ3) is 5.34. The third-order valence-electron chi connectivity index (χ3n) is 7.01. The van der Waals surface area contributed by atoms with Crippen molar-refractivity contribution in [1.82, 2.24) is 25.4 Å². The number of aliphatic hydroxyl groups is 1. The zero-order chi connectivity index (χ0) is 28.6. The Bertz CT molecular complexity index is 1520. The molecule has 1 aliphatic heterocycles. The van der Waals surface area contributed by atoms with Crippen LogP contribution in [0.4, 0.5) is 11.6 Å². The summed E-state index contributed by atoms with van der Waals surface area (Å²) in [6.07, 6.45) is 1.21. The van der Waals surface area contributed by atoms with Crippen molar-refractivity contribution in [2.45, 2.75) is 40.0 Å². The Morgan fingerprint density at radius 3 is 2.67 bits per heavy atom. The first kappa shape index (κ1) is 27.8. The lowest BCUT2D eigenvalue weighted by Gasteiger charge is -2.22. The molecule has 0 unspecified atom stereocenters. The van der Waals surface area contributed by atoms with E-state index >= 15 is 0 Å². The van der Waals surface area contributed by atoms with Crippen LogP contribution < -0.4 is 19.9 Å². The number of hydrogen-bond acceptors (Lipinski definition) is 10. The van der Waals surface area contributed by atoms with Crippen molar-refractivity contribution in [3.63, 3.8) is 0 Å². The molecule has 5 rings (SSSR count). The van der Waals surface area contributed by atoms with Gasteiger partial charge in [0.25, 0.3) is 0 Å². The minimum Gasteiger partial charge on any atom is -0.491 e. The molecule has 1 atom stereocenters. The van der Waals surface area contributed by atoms with Crippen molar-refractivity contribution in [3.05, 3.63) is 63.6 Å². The van der Waals surface area contributed by atoms with Crippen LogP contribution >= 0.6 is 11.6 Å². The van der Waals surface area contributed by atoms with Gasteiger partial charge in [0.05, 0.1) is 22.0 Å². The van der Waals surface area contributed by atoms with E-state index in [9.17, 15) is 5.11 Å². The minimum absolute atomic E-state index is 0.139. The summed E-state index contributed by atoms with van der Waals surface area (Å²) in [6, 6.07) is 7.41. The molecule has 210 valence electrons. The maximum Gasteiger partial charge on any atom is 0.163 e. The van der Waals surface area contributed by atoms with E-state index in [1.165, 1.54) is 11.1 Å². The molecule has 0 radical (unpaired) electrons. The van der Waals surface area contributed by atoms with Crippen molar-refractivity contribution in [1.29, 1.82) is 0 Å². The number of rotatable bonds is 9. The number of nitrogens with zero attached hydrogens (tertiary/aromatic N) is 6. The monoisotopic (exact) mass is 563 g/mol. The summed E-state index contributed by atoms with van der Waals surface area (Å²) < 4.78 is 11.4. The molecule has 0 aliphatic carbocycles. The van der Waals surface area contributed by atoms with Crippen LogP contribution in [-0.4, -0.2) is 65.6 Å². The SMILES string of the molecule is CNC[C@@H](O)COc1ccc(Cl)c(-c2nc(-c3c(C)noc3C)c(C)c(N3Cc4ccnc(N(C)C)c4C3)n2)c1. The lowest BCUT2D eigenvalue weighted by atomic mass is 10.0. The molecular weight excluding hydrogens is 530 g/mol. The van der Waals surface area contributed by atoms with Crippen LogP contribution in [-0.2, 0) is 13.1 Å². The maximum absolute atomic E-state index is 10.1. The van der Waals surface area contributed by atoms with E-state index in [4.69, 9.17) is 30.8 Å². The number of likely N-dealkylation sites (N-methyl/N-ethyl adjacent to an activating group) is 1.